The molecule has 1 aromatic heterocycles. The Bertz CT molecular complexity index is 947. The van der Waals surface area contributed by atoms with Crippen molar-refractivity contribution in [3.8, 4) is 5.75 Å². The minimum atomic E-state index is -0.0831. The molecule has 29 heavy (non-hydrogen) atoms. The van der Waals surface area contributed by atoms with Crippen LogP contribution in [0.15, 0.2) is 47.6 Å². The molecule has 0 saturated carbocycles. The molecule has 1 amide bonds. The number of thioether (sulfide) groups is 1. The number of amides is 1. The van der Waals surface area contributed by atoms with E-state index >= 15 is 0 Å². The van der Waals surface area contributed by atoms with E-state index in [-0.39, 0.29) is 11.7 Å². The number of H-pyrrole nitrogens is 1. The van der Waals surface area contributed by atoms with Gasteiger partial charge in [-0.1, -0.05) is 55.9 Å². The molecule has 152 valence electrons. The molecular weight excluding hydrogens is 384 g/mol. The summed E-state index contributed by atoms with van der Waals surface area (Å²) in [7, 11) is 0. The first-order chi connectivity index (χ1) is 13.9. The molecular formula is C22H26N4O2S. The molecule has 2 N–H and O–H groups in total. The third-order valence-corrected chi connectivity index (χ3v) is 5.36. The summed E-state index contributed by atoms with van der Waals surface area (Å²) in [5, 5.41) is 10.5. The Morgan fingerprint density at radius 2 is 1.83 bits per heavy atom. The standard InChI is InChI=1S/C22H26N4O2S/c1-14(2)17-8-10-18(11-9-17)28-12-19-23-22(26-25-19)29-13-20(27)24-21-15(3)6-5-7-16(21)4/h5-11,14H,12-13H2,1-4H3,(H,24,27)(H,23,25,26). The van der Waals surface area contributed by atoms with Crippen molar-refractivity contribution < 1.29 is 9.53 Å². The van der Waals surface area contributed by atoms with E-state index in [9.17, 15) is 4.79 Å². The molecule has 0 radical (unpaired) electrons. The lowest BCUT2D eigenvalue weighted by Crippen LogP contribution is -2.15. The number of aryl methyl sites for hydroxylation is 2. The third kappa shape index (κ3) is 5.84. The van der Waals surface area contributed by atoms with Crippen LogP contribution in [-0.4, -0.2) is 26.8 Å². The number of hydrogen-bond donors (Lipinski definition) is 2. The zero-order chi connectivity index (χ0) is 20.8. The summed E-state index contributed by atoms with van der Waals surface area (Å²) in [6.07, 6.45) is 0. The maximum Gasteiger partial charge on any atom is 0.234 e. The molecule has 2 aromatic carbocycles. The van der Waals surface area contributed by atoms with E-state index in [0.717, 1.165) is 22.6 Å². The Balaban J connectivity index is 1.48. The van der Waals surface area contributed by atoms with Gasteiger partial charge >= 0.3 is 0 Å². The van der Waals surface area contributed by atoms with Crippen molar-refractivity contribution in [1.82, 2.24) is 15.2 Å². The van der Waals surface area contributed by atoms with Crippen molar-refractivity contribution in [2.24, 2.45) is 0 Å². The summed E-state index contributed by atoms with van der Waals surface area (Å²) in [5.74, 6) is 2.05. The Hall–Kier alpha value is -2.80. The SMILES string of the molecule is Cc1cccc(C)c1NC(=O)CSc1n[nH]c(COc2ccc(C(C)C)cc2)n1. The van der Waals surface area contributed by atoms with Gasteiger partial charge in [-0.2, -0.15) is 0 Å². The van der Waals surface area contributed by atoms with Crippen LogP contribution < -0.4 is 10.1 Å². The number of nitrogens with one attached hydrogen (secondary N) is 2. The van der Waals surface area contributed by atoms with Gasteiger partial charge in [-0.3, -0.25) is 9.89 Å². The highest BCUT2D eigenvalue weighted by Crippen LogP contribution is 2.21. The Morgan fingerprint density at radius 1 is 1.14 bits per heavy atom. The van der Waals surface area contributed by atoms with Gasteiger partial charge in [0.05, 0.1) is 5.75 Å². The fourth-order valence-electron chi connectivity index (χ4n) is 2.82. The molecule has 0 bridgehead atoms. The summed E-state index contributed by atoms with van der Waals surface area (Å²) in [6, 6.07) is 14.0. The number of aromatic nitrogens is 3. The Kier molecular flexibility index (Phi) is 6.93. The topological polar surface area (TPSA) is 79.9 Å². The first kappa shape index (κ1) is 20.9. The number of ether oxygens (including phenoxy) is 1. The highest BCUT2D eigenvalue weighted by molar-refractivity contribution is 7.99. The molecule has 0 atom stereocenters. The Labute approximate surface area is 175 Å². The second kappa shape index (κ2) is 9.60. The summed E-state index contributed by atoms with van der Waals surface area (Å²) in [4.78, 5) is 16.6. The van der Waals surface area contributed by atoms with E-state index in [2.05, 4.69) is 46.5 Å². The third-order valence-electron chi connectivity index (χ3n) is 4.51. The second-order valence-electron chi connectivity index (χ2n) is 7.18. The van der Waals surface area contributed by atoms with Crippen molar-refractivity contribution in [2.75, 3.05) is 11.1 Å². The average molecular weight is 411 g/mol. The van der Waals surface area contributed by atoms with E-state index in [0.29, 0.717) is 23.5 Å². The largest absolute Gasteiger partial charge is 0.486 e. The quantitative estimate of drug-likeness (QED) is 0.519. The van der Waals surface area contributed by atoms with Crippen LogP contribution in [0.5, 0.6) is 5.75 Å². The maximum absolute atomic E-state index is 12.3. The Morgan fingerprint density at radius 3 is 2.48 bits per heavy atom. The first-order valence-corrected chi connectivity index (χ1v) is 10.5. The van der Waals surface area contributed by atoms with Crippen molar-refractivity contribution in [2.45, 2.75) is 45.4 Å². The minimum absolute atomic E-state index is 0.0831. The highest BCUT2D eigenvalue weighted by atomic mass is 32.2. The zero-order valence-corrected chi connectivity index (χ0v) is 18.0. The maximum atomic E-state index is 12.3. The molecule has 0 spiro atoms. The number of rotatable bonds is 8. The van der Waals surface area contributed by atoms with Crippen molar-refractivity contribution in [3.63, 3.8) is 0 Å². The number of carbonyl (C=O) groups excluding carboxylic acids is 1. The first-order valence-electron chi connectivity index (χ1n) is 9.55. The number of benzene rings is 2. The van der Waals surface area contributed by atoms with Gasteiger partial charge in [-0.15, -0.1) is 5.10 Å². The fraction of sp³-hybridized carbons (Fsp3) is 0.318. The normalized spacial score (nSPS) is 10.9. The number of para-hydroxylation sites is 1. The van der Waals surface area contributed by atoms with Crippen molar-refractivity contribution in [1.29, 1.82) is 0 Å². The van der Waals surface area contributed by atoms with Gasteiger partial charge in [0, 0.05) is 5.69 Å². The van der Waals surface area contributed by atoms with Crippen LogP contribution in [0, 0.1) is 13.8 Å². The van der Waals surface area contributed by atoms with Crippen LogP contribution in [0.2, 0.25) is 0 Å². The fourth-order valence-corrected chi connectivity index (χ4v) is 3.44. The molecule has 0 aliphatic carbocycles. The number of aromatic amines is 1. The van der Waals surface area contributed by atoms with Gasteiger partial charge < -0.3 is 10.1 Å². The van der Waals surface area contributed by atoms with Gasteiger partial charge in [-0.25, -0.2) is 4.98 Å². The van der Waals surface area contributed by atoms with E-state index in [1.165, 1.54) is 17.3 Å². The van der Waals surface area contributed by atoms with Gasteiger partial charge in [0.1, 0.15) is 12.4 Å². The lowest BCUT2D eigenvalue weighted by Gasteiger charge is -2.10. The number of carbonyl (C=O) groups is 1. The molecule has 0 aliphatic heterocycles. The predicted molar refractivity (Wildman–Crippen MR) is 117 cm³/mol. The summed E-state index contributed by atoms with van der Waals surface area (Å²) >= 11 is 1.29. The van der Waals surface area contributed by atoms with E-state index in [1.54, 1.807) is 0 Å². The van der Waals surface area contributed by atoms with Crippen LogP contribution in [0.4, 0.5) is 5.69 Å². The van der Waals surface area contributed by atoms with Crippen LogP contribution in [0.3, 0.4) is 0 Å². The van der Waals surface area contributed by atoms with Crippen LogP contribution in [0.1, 0.15) is 42.3 Å². The molecule has 0 aliphatic rings. The molecule has 3 rings (SSSR count). The van der Waals surface area contributed by atoms with E-state index in [4.69, 9.17) is 4.74 Å². The van der Waals surface area contributed by atoms with Crippen molar-refractivity contribution in [3.05, 3.63) is 65.0 Å². The van der Waals surface area contributed by atoms with Crippen LogP contribution in [-0.2, 0) is 11.4 Å². The van der Waals surface area contributed by atoms with Gasteiger partial charge in [-0.05, 0) is 48.6 Å². The number of nitrogens with zero attached hydrogens (tertiary/aromatic N) is 2. The predicted octanol–water partition coefficient (Wildman–Crippen LogP) is 4.85. The highest BCUT2D eigenvalue weighted by Gasteiger charge is 2.11. The minimum Gasteiger partial charge on any atom is -0.486 e. The lowest BCUT2D eigenvalue weighted by atomic mass is 10.0. The molecule has 0 fully saturated rings. The monoisotopic (exact) mass is 410 g/mol. The smallest absolute Gasteiger partial charge is 0.234 e. The molecule has 1 heterocycles. The summed E-state index contributed by atoms with van der Waals surface area (Å²) in [5.41, 5.74) is 4.23. The summed E-state index contributed by atoms with van der Waals surface area (Å²) in [6.45, 7) is 8.57. The number of hydrogen-bond acceptors (Lipinski definition) is 5. The number of anilines is 1. The van der Waals surface area contributed by atoms with E-state index in [1.807, 2.05) is 44.2 Å². The lowest BCUT2D eigenvalue weighted by molar-refractivity contribution is -0.113. The van der Waals surface area contributed by atoms with E-state index < -0.39 is 0 Å². The second-order valence-corrected chi connectivity index (χ2v) is 8.12. The van der Waals surface area contributed by atoms with Gasteiger partial charge in [0.25, 0.3) is 0 Å². The van der Waals surface area contributed by atoms with Gasteiger partial charge in [0.2, 0.25) is 11.1 Å². The van der Waals surface area contributed by atoms with Crippen LogP contribution >= 0.6 is 11.8 Å². The molecule has 0 unspecified atom stereocenters. The molecule has 7 heteroatoms. The van der Waals surface area contributed by atoms with Crippen LogP contribution in [0.25, 0.3) is 0 Å². The molecule has 0 saturated heterocycles. The zero-order valence-electron chi connectivity index (χ0n) is 17.2. The molecule has 6 nitrogen and oxygen atoms in total. The van der Waals surface area contributed by atoms with Crippen molar-refractivity contribution >= 4 is 23.4 Å². The summed E-state index contributed by atoms with van der Waals surface area (Å²) < 4.78 is 5.75. The molecule has 3 aromatic rings. The van der Waals surface area contributed by atoms with Gasteiger partial charge in [0.15, 0.2) is 5.82 Å². The average Bonchev–Trinajstić information content (AvgIpc) is 3.16.